The Morgan fingerprint density at radius 2 is 2.26 bits per heavy atom. The number of hydrogen-bond acceptors (Lipinski definition) is 4. The lowest BCUT2D eigenvalue weighted by Crippen LogP contribution is -2.45. The topological polar surface area (TPSA) is 69.0 Å². The van der Waals surface area contributed by atoms with E-state index in [0.29, 0.717) is 13.1 Å². The fourth-order valence-electron chi connectivity index (χ4n) is 2.65. The number of piperidine rings is 1. The zero-order valence-corrected chi connectivity index (χ0v) is 13.6. The molecule has 1 aliphatic rings. The maximum atomic E-state index is 12.2. The summed E-state index contributed by atoms with van der Waals surface area (Å²) >= 11 is 1.57. The van der Waals surface area contributed by atoms with E-state index in [0.717, 1.165) is 35.7 Å². The minimum atomic E-state index is -0.112. The van der Waals surface area contributed by atoms with E-state index < -0.39 is 0 Å². The molecule has 1 saturated heterocycles. The lowest BCUT2D eigenvalue weighted by molar-refractivity contribution is 0.176. The van der Waals surface area contributed by atoms with Crippen LogP contribution in [-0.4, -0.2) is 29.0 Å². The van der Waals surface area contributed by atoms with E-state index in [1.165, 1.54) is 0 Å². The average Bonchev–Trinajstić information content (AvgIpc) is 3.09. The number of thiazole rings is 1. The van der Waals surface area contributed by atoms with Crippen LogP contribution in [0.1, 0.15) is 18.5 Å². The third kappa shape index (κ3) is 3.88. The molecule has 0 aliphatic carbocycles. The molecule has 1 aromatic carbocycles. The first-order valence-corrected chi connectivity index (χ1v) is 8.56. The molecule has 118 valence electrons. The number of nitriles is 1. The van der Waals surface area contributed by atoms with Gasteiger partial charge in [-0.15, -0.1) is 11.3 Å². The fourth-order valence-corrected chi connectivity index (χ4v) is 3.47. The van der Waals surface area contributed by atoms with Crippen molar-refractivity contribution in [3.05, 3.63) is 41.4 Å². The lowest BCUT2D eigenvalue weighted by Gasteiger charge is -2.29. The molecule has 1 fully saturated rings. The number of benzene rings is 1. The molecule has 1 unspecified atom stereocenters. The Bertz CT molecular complexity index is 707. The molecule has 2 heterocycles. The maximum absolute atomic E-state index is 12.2. The van der Waals surface area contributed by atoms with Gasteiger partial charge in [0.25, 0.3) is 0 Å². The van der Waals surface area contributed by atoms with Crippen LogP contribution in [0, 0.1) is 17.2 Å². The fraction of sp³-hybridized carbons (Fsp3) is 0.353. The maximum Gasteiger partial charge on any atom is 0.317 e. The highest BCUT2D eigenvalue weighted by Gasteiger charge is 2.23. The molecule has 23 heavy (non-hydrogen) atoms. The molecule has 6 heteroatoms. The number of carbonyl (C=O) groups excluding carboxylic acids is 1. The normalized spacial score (nSPS) is 17.5. The molecule has 1 N–H and O–H groups in total. The number of amides is 2. The van der Waals surface area contributed by atoms with E-state index in [-0.39, 0.29) is 11.9 Å². The van der Waals surface area contributed by atoms with Gasteiger partial charge in [-0.3, -0.25) is 0 Å². The molecule has 1 aromatic heterocycles. The van der Waals surface area contributed by atoms with Crippen LogP contribution < -0.4 is 5.32 Å². The molecular weight excluding hydrogens is 308 g/mol. The van der Waals surface area contributed by atoms with Gasteiger partial charge in [0.15, 0.2) is 0 Å². The highest BCUT2D eigenvalue weighted by atomic mass is 32.1. The lowest BCUT2D eigenvalue weighted by atomic mass is 10.0. The van der Waals surface area contributed by atoms with E-state index in [9.17, 15) is 4.79 Å². The Balaban J connectivity index is 1.55. The van der Waals surface area contributed by atoms with Crippen LogP contribution in [0.5, 0.6) is 0 Å². The van der Waals surface area contributed by atoms with E-state index in [1.807, 2.05) is 35.7 Å². The van der Waals surface area contributed by atoms with Gasteiger partial charge in [0, 0.05) is 24.0 Å². The first-order valence-electron chi connectivity index (χ1n) is 7.68. The highest BCUT2D eigenvalue weighted by molar-refractivity contribution is 7.13. The summed E-state index contributed by atoms with van der Waals surface area (Å²) in [6.07, 6.45) is 1.77. The molecule has 5 nitrogen and oxygen atoms in total. The Labute approximate surface area is 139 Å². The van der Waals surface area contributed by atoms with Crippen LogP contribution in [0.15, 0.2) is 35.7 Å². The van der Waals surface area contributed by atoms with Crippen LogP contribution in [0.4, 0.5) is 4.79 Å². The van der Waals surface area contributed by atoms with Crippen LogP contribution in [0.2, 0.25) is 0 Å². The molecular formula is C17H18N4OS. The first kappa shape index (κ1) is 15.5. The second kappa shape index (κ2) is 7.25. The second-order valence-electron chi connectivity index (χ2n) is 5.58. The second-order valence-corrected chi connectivity index (χ2v) is 6.44. The Hall–Kier alpha value is -2.39. The average molecular weight is 326 g/mol. The number of likely N-dealkylation sites (tertiary alicyclic amines) is 1. The standard InChI is InChI=1S/C17H18N4OS/c18-9-13-5-4-8-21(11-13)17(22)19-10-15-12-23-16(20-15)14-6-2-1-3-7-14/h1-3,6-7,12-13H,4-5,8,10-11H2,(H,19,22). The molecule has 0 saturated carbocycles. The van der Waals surface area contributed by atoms with Crippen LogP contribution in [0.3, 0.4) is 0 Å². The number of nitrogens with zero attached hydrogens (tertiary/aromatic N) is 3. The van der Waals surface area contributed by atoms with Gasteiger partial charge >= 0.3 is 6.03 Å². The smallest absolute Gasteiger partial charge is 0.317 e. The molecule has 2 amide bonds. The van der Waals surface area contributed by atoms with Crippen molar-refractivity contribution in [2.24, 2.45) is 5.92 Å². The van der Waals surface area contributed by atoms with Crippen molar-refractivity contribution in [3.63, 3.8) is 0 Å². The van der Waals surface area contributed by atoms with Gasteiger partial charge in [0.05, 0.1) is 24.2 Å². The SMILES string of the molecule is N#CC1CCCN(C(=O)NCc2csc(-c3ccccc3)n2)C1. The zero-order valence-electron chi connectivity index (χ0n) is 12.7. The van der Waals surface area contributed by atoms with Crippen molar-refractivity contribution >= 4 is 17.4 Å². The largest absolute Gasteiger partial charge is 0.332 e. The predicted molar refractivity (Wildman–Crippen MR) is 89.7 cm³/mol. The molecule has 0 spiro atoms. The summed E-state index contributed by atoms with van der Waals surface area (Å²) < 4.78 is 0. The summed E-state index contributed by atoms with van der Waals surface area (Å²) in [6, 6.07) is 12.1. The molecule has 3 rings (SSSR count). The summed E-state index contributed by atoms with van der Waals surface area (Å²) in [7, 11) is 0. The highest BCUT2D eigenvalue weighted by Crippen LogP contribution is 2.23. The van der Waals surface area contributed by atoms with Crippen molar-refractivity contribution in [2.45, 2.75) is 19.4 Å². The molecule has 1 aliphatic heterocycles. The molecule has 0 bridgehead atoms. The van der Waals surface area contributed by atoms with Crippen molar-refractivity contribution < 1.29 is 4.79 Å². The van der Waals surface area contributed by atoms with Gasteiger partial charge in [-0.25, -0.2) is 9.78 Å². The number of aromatic nitrogens is 1. The number of rotatable bonds is 3. The van der Waals surface area contributed by atoms with Gasteiger partial charge in [-0.2, -0.15) is 5.26 Å². The van der Waals surface area contributed by atoms with E-state index in [4.69, 9.17) is 5.26 Å². The third-order valence-electron chi connectivity index (χ3n) is 3.88. The van der Waals surface area contributed by atoms with Gasteiger partial charge in [-0.1, -0.05) is 30.3 Å². The monoisotopic (exact) mass is 326 g/mol. The van der Waals surface area contributed by atoms with Gasteiger partial charge < -0.3 is 10.2 Å². The summed E-state index contributed by atoms with van der Waals surface area (Å²) in [5, 5.41) is 14.8. The first-order chi connectivity index (χ1) is 11.3. The molecule has 2 aromatic rings. The van der Waals surface area contributed by atoms with Crippen molar-refractivity contribution in [1.29, 1.82) is 5.26 Å². The quantitative estimate of drug-likeness (QED) is 0.941. The van der Waals surface area contributed by atoms with Crippen LogP contribution in [0.25, 0.3) is 10.6 Å². The number of carbonyl (C=O) groups is 1. The van der Waals surface area contributed by atoms with Crippen LogP contribution >= 0.6 is 11.3 Å². The van der Waals surface area contributed by atoms with E-state index >= 15 is 0 Å². The van der Waals surface area contributed by atoms with Crippen LogP contribution in [-0.2, 0) is 6.54 Å². The number of urea groups is 1. The van der Waals surface area contributed by atoms with E-state index in [1.54, 1.807) is 16.2 Å². The summed E-state index contributed by atoms with van der Waals surface area (Å²) in [6.45, 7) is 1.65. The van der Waals surface area contributed by atoms with E-state index in [2.05, 4.69) is 16.4 Å². The molecule has 1 atom stereocenters. The third-order valence-corrected chi connectivity index (χ3v) is 4.82. The minimum Gasteiger partial charge on any atom is -0.332 e. The van der Waals surface area contributed by atoms with Gasteiger partial charge in [-0.05, 0) is 12.8 Å². The van der Waals surface area contributed by atoms with Crippen molar-refractivity contribution in [2.75, 3.05) is 13.1 Å². The Kier molecular flexibility index (Phi) is 4.89. The summed E-state index contributed by atoms with van der Waals surface area (Å²) in [5.41, 5.74) is 1.94. The number of nitrogens with one attached hydrogen (secondary N) is 1. The predicted octanol–water partition coefficient (Wildman–Crippen LogP) is 3.26. The minimum absolute atomic E-state index is 0.0431. The van der Waals surface area contributed by atoms with Gasteiger partial charge in [0.1, 0.15) is 5.01 Å². The molecule has 0 radical (unpaired) electrons. The van der Waals surface area contributed by atoms with Crippen molar-refractivity contribution in [3.8, 4) is 16.6 Å². The Morgan fingerprint density at radius 1 is 1.43 bits per heavy atom. The zero-order chi connectivity index (χ0) is 16.1. The van der Waals surface area contributed by atoms with Crippen molar-refractivity contribution in [1.82, 2.24) is 15.2 Å². The summed E-state index contributed by atoms with van der Waals surface area (Å²) in [5.74, 6) is -0.0431. The van der Waals surface area contributed by atoms with Gasteiger partial charge in [0.2, 0.25) is 0 Å². The number of hydrogen-bond donors (Lipinski definition) is 1. The summed E-state index contributed by atoms with van der Waals surface area (Å²) in [4.78, 5) is 18.5. The Morgan fingerprint density at radius 3 is 3.04 bits per heavy atom.